The van der Waals surface area contributed by atoms with Crippen LogP contribution >= 0.6 is 15.9 Å². The lowest BCUT2D eigenvalue weighted by atomic mass is 9.93. The Morgan fingerprint density at radius 1 is 1.45 bits per heavy atom. The summed E-state index contributed by atoms with van der Waals surface area (Å²) in [6.45, 7) is 2.94. The first-order chi connectivity index (χ1) is 9.32. The van der Waals surface area contributed by atoms with Gasteiger partial charge >= 0.3 is 6.18 Å². The summed E-state index contributed by atoms with van der Waals surface area (Å²) in [5.41, 5.74) is 4.96. The van der Waals surface area contributed by atoms with Gasteiger partial charge < -0.3 is 10.6 Å². The zero-order valence-corrected chi connectivity index (χ0v) is 12.7. The Hall–Kier alpha value is -0.820. The molecule has 0 aromatic carbocycles. The summed E-state index contributed by atoms with van der Waals surface area (Å²) >= 11 is 3.05. The lowest BCUT2D eigenvalue weighted by Crippen LogP contribution is -2.45. The average molecular weight is 352 g/mol. The third-order valence-electron chi connectivity index (χ3n) is 3.72. The number of anilines is 1. The quantitative estimate of drug-likeness (QED) is 0.887. The normalized spacial score (nSPS) is 24.0. The Morgan fingerprint density at radius 2 is 2.15 bits per heavy atom. The van der Waals surface area contributed by atoms with Gasteiger partial charge in [-0.2, -0.15) is 13.2 Å². The Kier molecular flexibility index (Phi) is 4.59. The molecule has 1 aromatic heterocycles. The first-order valence-corrected chi connectivity index (χ1v) is 7.31. The van der Waals surface area contributed by atoms with Gasteiger partial charge in [0.1, 0.15) is 5.82 Å². The van der Waals surface area contributed by atoms with Crippen molar-refractivity contribution in [2.75, 3.05) is 18.0 Å². The maximum absolute atomic E-state index is 13.2. The first kappa shape index (κ1) is 15.6. The van der Waals surface area contributed by atoms with Crippen molar-refractivity contribution >= 4 is 21.7 Å². The molecule has 1 fully saturated rings. The van der Waals surface area contributed by atoms with Crippen molar-refractivity contribution in [3.8, 4) is 0 Å². The number of hydrogen-bond acceptors (Lipinski definition) is 3. The molecule has 0 radical (unpaired) electrons. The van der Waals surface area contributed by atoms with Crippen molar-refractivity contribution in [1.82, 2.24) is 4.98 Å². The Balaban J connectivity index is 2.40. The molecule has 1 aromatic rings. The summed E-state index contributed by atoms with van der Waals surface area (Å²) in [5.74, 6) is 0.226. The van der Waals surface area contributed by atoms with Crippen LogP contribution in [0.4, 0.5) is 19.0 Å². The fraction of sp³-hybridized carbons (Fsp3) is 0.615. The molecule has 2 heterocycles. The molecular formula is C13H17BrF3N3. The summed E-state index contributed by atoms with van der Waals surface area (Å²) in [4.78, 5) is 5.74. The highest BCUT2D eigenvalue weighted by atomic mass is 79.9. The lowest BCUT2D eigenvalue weighted by Gasteiger charge is -2.39. The van der Waals surface area contributed by atoms with Crippen molar-refractivity contribution in [3.05, 3.63) is 22.3 Å². The van der Waals surface area contributed by atoms with Gasteiger partial charge in [0.25, 0.3) is 0 Å². The largest absolute Gasteiger partial charge is 0.419 e. The van der Waals surface area contributed by atoms with Crippen molar-refractivity contribution < 1.29 is 13.2 Å². The van der Waals surface area contributed by atoms with Crippen LogP contribution in [0.25, 0.3) is 0 Å². The van der Waals surface area contributed by atoms with E-state index >= 15 is 0 Å². The second-order valence-electron chi connectivity index (χ2n) is 5.20. The summed E-state index contributed by atoms with van der Waals surface area (Å²) in [6, 6.07) is 1.12. The predicted molar refractivity (Wildman–Crippen MR) is 75.5 cm³/mol. The van der Waals surface area contributed by atoms with Crippen LogP contribution in [0.5, 0.6) is 0 Å². The number of halogens is 4. The van der Waals surface area contributed by atoms with Crippen LogP contribution in [0.1, 0.15) is 25.3 Å². The lowest BCUT2D eigenvalue weighted by molar-refractivity contribution is -0.137. The third kappa shape index (κ3) is 3.25. The Bertz CT molecular complexity index is 478. The second-order valence-corrected chi connectivity index (χ2v) is 6.12. The third-order valence-corrected chi connectivity index (χ3v) is 4.16. The van der Waals surface area contributed by atoms with Crippen LogP contribution in [0.3, 0.4) is 0 Å². The molecule has 2 unspecified atom stereocenters. The SMILES string of the molecule is CC1CCC(CN)CN1c1ncc(Br)cc1C(F)(F)F. The molecule has 0 amide bonds. The fourth-order valence-corrected chi connectivity index (χ4v) is 2.87. The van der Waals surface area contributed by atoms with E-state index in [2.05, 4.69) is 20.9 Å². The van der Waals surface area contributed by atoms with Crippen LogP contribution in [0, 0.1) is 5.92 Å². The molecule has 1 aliphatic heterocycles. The van der Waals surface area contributed by atoms with E-state index in [0.717, 1.165) is 18.9 Å². The molecule has 2 N–H and O–H groups in total. The summed E-state index contributed by atoms with van der Waals surface area (Å²) in [7, 11) is 0. The van der Waals surface area contributed by atoms with Crippen LogP contribution in [0.2, 0.25) is 0 Å². The van der Waals surface area contributed by atoms with E-state index in [9.17, 15) is 13.2 Å². The highest BCUT2D eigenvalue weighted by Crippen LogP contribution is 2.39. The molecule has 0 spiro atoms. The highest BCUT2D eigenvalue weighted by molar-refractivity contribution is 9.10. The maximum Gasteiger partial charge on any atom is 0.419 e. The van der Waals surface area contributed by atoms with Crippen molar-refractivity contribution in [1.29, 1.82) is 0 Å². The number of rotatable bonds is 2. The van der Waals surface area contributed by atoms with E-state index in [0.29, 0.717) is 17.6 Å². The number of alkyl halides is 3. The average Bonchev–Trinajstić information content (AvgIpc) is 2.38. The van der Waals surface area contributed by atoms with E-state index < -0.39 is 11.7 Å². The molecule has 2 rings (SSSR count). The smallest absolute Gasteiger partial charge is 0.353 e. The molecule has 0 saturated carbocycles. The number of piperidine rings is 1. The first-order valence-electron chi connectivity index (χ1n) is 6.52. The van der Waals surface area contributed by atoms with Crippen LogP contribution in [-0.2, 0) is 6.18 Å². The van der Waals surface area contributed by atoms with Crippen molar-refractivity contribution in [2.24, 2.45) is 11.7 Å². The molecule has 3 nitrogen and oxygen atoms in total. The van der Waals surface area contributed by atoms with Crippen LogP contribution < -0.4 is 10.6 Å². The zero-order chi connectivity index (χ0) is 14.9. The van der Waals surface area contributed by atoms with Gasteiger partial charge in [0.2, 0.25) is 0 Å². The van der Waals surface area contributed by atoms with Gasteiger partial charge in [-0.3, -0.25) is 0 Å². The summed E-state index contributed by atoms with van der Waals surface area (Å²) < 4.78 is 39.9. The van der Waals surface area contributed by atoms with Crippen molar-refractivity contribution in [3.63, 3.8) is 0 Å². The molecular weight excluding hydrogens is 335 g/mol. The number of nitrogens with two attached hydrogens (primary N) is 1. The molecule has 7 heteroatoms. The van der Waals surface area contributed by atoms with E-state index in [4.69, 9.17) is 5.73 Å². The monoisotopic (exact) mass is 351 g/mol. The van der Waals surface area contributed by atoms with Gasteiger partial charge in [0.15, 0.2) is 0 Å². The Morgan fingerprint density at radius 3 is 2.75 bits per heavy atom. The van der Waals surface area contributed by atoms with Crippen LogP contribution in [0.15, 0.2) is 16.7 Å². The molecule has 112 valence electrons. The van der Waals surface area contributed by atoms with Gasteiger partial charge in [-0.05, 0) is 54.2 Å². The number of aromatic nitrogens is 1. The zero-order valence-electron chi connectivity index (χ0n) is 11.1. The highest BCUT2D eigenvalue weighted by Gasteiger charge is 2.38. The molecule has 20 heavy (non-hydrogen) atoms. The topological polar surface area (TPSA) is 42.1 Å². The van der Waals surface area contributed by atoms with E-state index in [1.807, 2.05) is 6.92 Å². The van der Waals surface area contributed by atoms with Gasteiger partial charge in [-0.1, -0.05) is 0 Å². The number of nitrogens with zero attached hydrogens (tertiary/aromatic N) is 2. The maximum atomic E-state index is 13.2. The van der Waals surface area contributed by atoms with E-state index in [1.54, 1.807) is 4.90 Å². The second kappa shape index (κ2) is 5.89. The molecule has 2 atom stereocenters. The van der Waals surface area contributed by atoms with E-state index in [1.165, 1.54) is 6.20 Å². The molecule has 1 saturated heterocycles. The van der Waals surface area contributed by atoms with Gasteiger partial charge in [0.05, 0.1) is 5.56 Å². The van der Waals surface area contributed by atoms with Gasteiger partial charge in [-0.15, -0.1) is 0 Å². The fourth-order valence-electron chi connectivity index (χ4n) is 2.54. The molecule has 0 aliphatic carbocycles. The standard InChI is InChI=1S/C13H17BrF3N3/c1-8-2-3-9(5-18)7-20(8)12-11(13(15,16)17)4-10(14)6-19-12/h4,6,8-9H,2-3,5,7,18H2,1H3. The van der Waals surface area contributed by atoms with Gasteiger partial charge in [-0.25, -0.2) is 4.98 Å². The van der Waals surface area contributed by atoms with Crippen molar-refractivity contribution in [2.45, 2.75) is 32.0 Å². The summed E-state index contributed by atoms with van der Waals surface area (Å²) in [6.07, 6.45) is -1.23. The predicted octanol–water partition coefficient (Wildman–Crippen LogP) is 3.43. The number of pyridine rings is 1. The van der Waals surface area contributed by atoms with Gasteiger partial charge in [0, 0.05) is 23.3 Å². The van der Waals surface area contributed by atoms with E-state index in [-0.39, 0.29) is 17.8 Å². The Labute approximate surface area is 124 Å². The molecule has 0 bridgehead atoms. The minimum Gasteiger partial charge on any atom is -0.353 e. The molecule has 1 aliphatic rings. The summed E-state index contributed by atoms with van der Waals surface area (Å²) in [5, 5.41) is 0. The van der Waals surface area contributed by atoms with Crippen LogP contribution in [-0.4, -0.2) is 24.1 Å². The number of hydrogen-bond donors (Lipinski definition) is 1. The minimum atomic E-state index is -4.42. The minimum absolute atomic E-state index is 0.00588.